The highest BCUT2D eigenvalue weighted by Crippen LogP contribution is 2.28. The first kappa shape index (κ1) is 19.2. The van der Waals surface area contributed by atoms with Crippen molar-refractivity contribution in [2.45, 2.75) is 32.3 Å². The van der Waals surface area contributed by atoms with Gasteiger partial charge in [0.1, 0.15) is 0 Å². The fourth-order valence-electron chi connectivity index (χ4n) is 2.44. The summed E-state index contributed by atoms with van der Waals surface area (Å²) < 4.78 is 5.85. The Morgan fingerprint density at radius 3 is 2.52 bits per heavy atom. The van der Waals surface area contributed by atoms with Gasteiger partial charge < -0.3 is 20.7 Å². The van der Waals surface area contributed by atoms with Crippen molar-refractivity contribution in [2.75, 3.05) is 33.3 Å². The van der Waals surface area contributed by atoms with Crippen LogP contribution in [0.25, 0.3) is 0 Å². The molecule has 1 amide bonds. The van der Waals surface area contributed by atoms with E-state index in [-0.39, 0.29) is 17.9 Å². The van der Waals surface area contributed by atoms with E-state index in [0.29, 0.717) is 19.7 Å². The number of hydrogen-bond acceptors (Lipinski definition) is 3. The average molecular weight is 346 g/mol. The fourth-order valence-corrected chi connectivity index (χ4v) is 2.44. The van der Waals surface area contributed by atoms with Crippen molar-refractivity contribution in [1.82, 2.24) is 16.0 Å². The Balaban J connectivity index is 1.50. The van der Waals surface area contributed by atoms with Gasteiger partial charge in [0.05, 0.1) is 6.10 Å². The molecule has 1 fully saturated rings. The SMILES string of the molecule is CN=C(NCCCOC(C)c1ccccc1)NCCNC(=O)C1CC1. The van der Waals surface area contributed by atoms with E-state index in [2.05, 4.69) is 40.0 Å². The molecule has 25 heavy (non-hydrogen) atoms. The molecule has 0 saturated heterocycles. The Morgan fingerprint density at radius 2 is 1.84 bits per heavy atom. The summed E-state index contributed by atoms with van der Waals surface area (Å²) in [6.07, 6.45) is 3.07. The van der Waals surface area contributed by atoms with Crippen molar-refractivity contribution < 1.29 is 9.53 Å². The molecule has 0 aromatic heterocycles. The molecule has 6 nitrogen and oxygen atoms in total. The quantitative estimate of drug-likeness (QED) is 0.343. The first-order valence-corrected chi connectivity index (χ1v) is 9.09. The zero-order chi connectivity index (χ0) is 17.9. The monoisotopic (exact) mass is 346 g/mol. The molecule has 1 saturated carbocycles. The minimum absolute atomic E-state index is 0.105. The third kappa shape index (κ3) is 7.56. The van der Waals surface area contributed by atoms with Crippen LogP contribution in [0.2, 0.25) is 0 Å². The number of rotatable bonds is 10. The summed E-state index contributed by atoms with van der Waals surface area (Å²) in [7, 11) is 1.74. The summed E-state index contributed by atoms with van der Waals surface area (Å²) in [6, 6.07) is 10.2. The van der Waals surface area contributed by atoms with Crippen LogP contribution >= 0.6 is 0 Å². The number of benzene rings is 1. The zero-order valence-corrected chi connectivity index (χ0v) is 15.3. The predicted molar refractivity (Wildman–Crippen MR) is 101 cm³/mol. The molecule has 1 aliphatic rings. The number of carbonyl (C=O) groups excluding carboxylic acids is 1. The van der Waals surface area contributed by atoms with Gasteiger partial charge in [-0.05, 0) is 31.7 Å². The van der Waals surface area contributed by atoms with Gasteiger partial charge >= 0.3 is 0 Å². The molecule has 2 rings (SSSR count). The molecule has 1 aromatic carbocycles. The van der Waals surface area contributed by atoms with Crippen molar-refractivity contribution >= 4 is 11.9 Å². The summed E-state index contributed by atoms with van der Waals surface area (Å²) in [6.45, 7) is 4.83. The summed E-state index contributed by atoms with van der Waals surface area (Å²) in [5.74, 6) is 1.18. The fraction of sp³-hybridized carbons (Fsp3) is 0.579. The van der Waals surface area contributed by atoms with E-state index in [1.54, 1.807) is 7.05 Å². The van der Waals surface area contributed by atoms with Crippen LogP contribution in [-0.4, -0.2) is 45.2 Å². The molecule has 1 atom stereocenters. The molecule has 1 unspecified atom stereocenters. The van der Waals surface area contributed by atoms with Gasteiger partial charge in [-0.3, -0.25) is 9.79 Å². The molecule has 0 heterocycles. The Labute approximate surface area is 150 Å². The van der Waals surface area contributed by atoms with Gasteiger partial charge in [0.25, 0.3) is 0 Å². The number of guanidine groups is 1. The van der Waals surface area contributed by atoms with Crippen LogP contribution in [0.3, 0.4) is 0 Å². The van der Waals surface area contributed by atoms with Crippen LogP contribution in [0.15, 0.2) is 35.3 Å². The van der Waals surface area contributed by atoms with Crippen LogP contribution in [0.5, 0.6) is 0 Å². The molecule has 1 aliphatic carbocycles. The van der Waals surface area contributed by atoms with E-state index in [9.17, 15) is 4.79 Å². The van der Waals surface area contributed by atoms with E-state index >= 15 is 0 Å². The van der Waals surface area contributed by atoms with Crippen LogP contribution in [0.1, 0.15) is 37.9 Å². The number of amides is 1. The molecule has 138 valence electrons. The van der Waals surface area contributed by atoms with Crippen LogP contribution in [0, 0.1) is 5.92 Å². The van der Waals surface area contributed by atoms with Gasteiger partial charge in [-0.25, -0.2) is 0 Å². The lowest BCUT2D eigenvalue weighted by molar-refractivity contribution is -0.122. The highest BCUT2D eigenvalue weighted by Gasteiger charge is 2.28. The van der Waals surface area contributed by atoms with Crippen molar-refractivity contribution in [3.63, 3.8) is 0 Å². The summed E-state index contributed by atoms with van der Waals surface area (Å²) in [5.41, 5.74) is 1.20. The highest BCUT2D eigenvalue weighted by atomic mass is 16.5. The first-order valence-electron chi connectivity index (χ1n) is 9.09. The number of nitrogens with zero attached hydrogens (tertiary/aromatic N) is 1. The Morgan fingerprint density at radius 1 is 1.16 bits per heavy atom. The highest BCUT2D eigenvalue weighted by molar-refractivity contribution is 5.81. The zero-order valence-electron chi connectivity index (χ0n) is 15.3. The second kappa shape index (κ2) is 10.7. The average Bonchev–Trinajstić information content (AvgIpc) is 3.48. The summed E-state index contributed by atoms with van der Waals surface area (Å²) >= 11 is 0. The minimum Gasteiger partial charge on any atom is -0.374 e. The summed E-state index contributed by atoms with van der Waals surface area (Å²) in [4.78, 5) is 15.7. The number of hydrogen-bond donors (Lipinski definition) is 3. The molecule has 0 aliphatic heterocycles. The molecule has 0 radical (unpaired) electrons. The van der Waals surface area contributed by atoms with Gasteiger partial charge in [-0.15, -0.1) is 0 Å². The van der Waals surface area contributed by atoms with Crippen LogP contribution in [0.4, 0.5) is 0 Å². The van der Waals surface area contributed by atoms with E-state index < -0.39 is 0 Å². The lowest BCUT2D eigenvalue weighted by Crippen LogP contribution is -2.42. The van der Waals surface area contributed by atoms with Gasteiger partial charge in [0.15, 0.2) is 5.96 Å². The smallest absolute Gasteiger partial charge is 0.223 e. The van der Waals surface area contributed by atoms with Gasteiger partial charge in [-0.2, -0.15) is 0 Å². The maximum atomic E-state index is 11.5. The standard InChI is InChI=1S/C19H30N4O2/c1-15(16-7-4-3-5-8-16)25-14-6-11-22-19(20-2)23-13-12-21-18(24)17-9-10-17/h3-5,7-8,15,17H,6,9-14H2,1-2H3,(H,21,24)(H2,20,22,23). The second-order valence-corrected chi connectivity index (χ2v) is 6.27. The Hall–Kier alpha value is -2.08. The lowest BCUT2D eigenvalue weighted by Gasteiger charge is -2.15. The normalized spacial score (nSPS) is 15.5. The van der Waals surface area contributed by atoms with E-state index in [1.807, 2.05) is 18.2 Å². The van der Waals surface area contributed by atoms with E-state index in [1.165, 1.54) is 5.56 Å². The van der Waals surface area contributed by atoms with Crippen molar-refractivity contribution in [3.8, 4) is 0 Å². The van der Waals surface area contributed by atoms with E-state index in [0.717, 1.165) is 31.8 Å². The third-order valence-electron chi connectivity index (χ3n) is 4.14. The molecule has 1 aromatic rings. The predicted octanol–water partition coefficient (Wildman–Crippen LogP) is 1.85. The lowest BCUT2D eigenvalue weighted by atomic mass is 10.1. The van der Waals surface area contributed by atoms with Crippen molar-refractivity contribution in [3.05, 3.63) is 35.9 Å². The molecular weight excluding hydrogens is 316 g/mol. The van der Waals surface area contributed by atoms with E-state index in [4.69, 9.17) is 4.74 Å². The Kier molecular flexibility index (Phi) is 8.25. The number of carbonyl (C=O) groups is 1. The maximum absolute atomic E-state index is 11.5. The molecular formula is C19H30N4O2. The first-order chi connectivity index (χ1) is 12.2. The van der Waals surface area contributed by atoms with Crippen molar-refractivity contribution in [2.24, 2.45) is 10.9 Å². The largest absolute Gasteiger partial charge is 0.374 e. The Bertz CT molecular complexity index is 544. The number of ether oxygens (including phenoxy) is 1. The number of nitrogens with one attached hydrogen (secondary N) is 3. The minimum atomic E-state index is 0.105. The topological polar surface area (TPSA) is 74.8 Å². The van der Waals surface area contributed by atoms with Crippen LogP contribution in [-0.2, 0) is 9.53 Å². The van der Waals surface area contributed by atoms with Crippen LogP contribution < -0.4 is 16.0 Å². The number of aliphatic imine (C=N–C) groups is 1. The molecule has 3 N–H and O–H groups in total. The maximum Gasteiger partial charge on any atom is 0.223 e. The second-order valence-electron chi connectivity index (χ2n) is 6.27. The van der Waals surface area contributed by atoms with Gasteiger partial charge in [0, 0.05) is 39.2 Å². The van der Waals surface area contributed by atoms with Gasteiger partial charge in [0.2, 0.25) is 5.91 Å². The summed E-state index contributed by atoms with van der Waals surface area (Å²) in [5, 5.41) is 9.37. The third-order valence-corrected chi connectivity index (χ3v) is 4.14. The molecule has 0 spiro atoms. The molecule has 0 bridgehead atoms. The van der Waals surface area contributed by atoms with Crippen molar-refractivity contribution in [1.29, 1.82) is 0 Å². The molecule has 6 heteroatoms. The van der Waals surface area contributed by atoms with Gasteiger partial charge in [-0.1, -0.05) is 30.3 Å².